The third-order valence-electron chi connectivity index (χ3n) is 7.47. The predicted octanol–water partition coefficient (Wildman–Crippen LogP) is 4.26. The number of nitrogens with zero attached hydrogens (tertiary/aromatic N) is 2. The summed E-state index contributed by atoms with van der Waals surface area (Å²) in [5, 5.41) is 7.44. The van der Waals surface area contributed by atoms with E-state index in [0.29, 0.717) is 18.0 Å². The van der Waals surface area contributed by atoms with Crippen LogP contribution in [0, 0.1) is 17.8 Å². The second-order valence-corrected chi connectivity index (χ2v) is 10.7. The number of carbonyl (C=O) groups excluding carboxylic acids is 1. The van der Waals surface area contributed by atoms with Crippen LogP contribution in [-0.2, 0) is 4.79 Å². The quantitative estimate of drug-likeness (QED) is 0.306. The van der Waals surface area contributed by atoms with Crippen molar-refractivity contribution < 1.29 is 4.79 Å². The topological polar surface area (TPSA) is 56.7 Å². The SMILES string of the molecule is CCN=C(NC1CCC(C(=O)N2CCSCC2)CC1)NC1CC1C1CCCCC1.I. The lowest BCUT2D eigenvalue weighted by Gasteiger charge is -2.34. The molecule has 0 spiro atoms. The first-order valence-corrected chi connectivity index (χ1v) is 13.3. The van der Waals surface area contributed by atoms with Crippen LogP contribution in [-0.4, -0.2) is 60.0 Å². The molecule has 4 rings (SSSR count). The van der Waals surface area contributed by atoms with Crippen molar-refractivity contribution in [2.24, 2.45) is 22.7 Å². The van der Waals surface area contributed by atoms with Gasteiger partial charge in [-0.15, -0.1) is 24.0 Å². The summed E-state index contributed by atoms with van der Waals surface area (Å²) in [7, 11) is 0. The zero-order valence-corrected chi connectivity index (χ0v) is 21.8. The molecule has 2 N–H and O–H groups in total. The number of halogens is 1. The Labute approximate surface area is 204 Å². The molecule has 3 saturated carbocycles. The van der Waals surface area contributed by atoms with Crippen molar-refractivity contribution in [1.29, 1.82) is 0 Å². The number of thioether (sulfide) groups is 1. The van der Waals surface area contributed by atoms with E-state index in [9.17, 15) is 4.79 Å². The molecule has 0 aromatic rings. The summed E-state index contributed by atoms with van der Waals surface area (Å²) in [6, 6.07) is 1.09. The highest BCUT2D eigenvalue weighted by Crippen LogP contribution is 2.44. The van der Waals surface area contributed by atoms with Crippen LogP contribution in [0.25, 0.3) is 0 Å². The first-order valence-electron chi connectivity index (χ1n) is 12.2. The first-order chi connectivity index (χ1) is 14.2. The van der Waals surface area contributed by atoms with Gasteiger partial charge >= 0.3 is 0 Å². The summed E-state index contributed by atoms with van der Waals surface area (Å²) in [5.41, 5.74) is 0. The van der Waals surface area contributed by atoms with Crippen LogP contribution < -0.4 is 10.6 Å². The Morgan fingerprint density at radius 2 is 1.70 bits per heavy atom. The van der Waals surface area contributed by atoms with Gasteiger partial charge in [0.25, 0.3) is 0 Å². The number of hydrogen-bond donors (Lipinski definition) is 2. The van der Waals surface area contributed by atoms with E-state index in [4.69, 9.17) is 4.99 Å². The molecule has 7 heteroatoms. The Kier molecular flexibility index (Phi) is 9.92. The molecule has 5 nitrogen and oxygen atoms in total. The van der Waals surface area contributed by atoms with E-state index in [0.717, 1.165) is 74.6 Å². The van der Waals surface area contributed by atoms with E-state index < -0.39 is 0 Å². The van der Waals surface area contributed by atoms with Crippen LogP contribution in [0.5, 0.6) is 0 Å². The second kappa shape index (κ2) is 12.2. The highest BCUT2D eigenvalue weighted by molar-refractivity contribution is 14.0. The molecule has 1 saturated heterocycles. The Bertz CT molecular complexity index is 570. The molecule has 172 valence electrons. The van der Waals surface area contributed by atoms with Crippen molar-refractivity contribution in [1.82, 2.24) is 15.5 Å². The van der Waals surface area contributed by atoms with Gasteiger partial charge in [0, 0.05) is 49.1 Å². The van der Waals surface area contributed by atoms with E-state index >= 15 is 0 Å². The average molecular weight is 549 g/mol. The third kappa shape index (κ3) is 6.66. The van der Waals surface area contributed by atoms with Crippen LogP contribution in [0.4, 0.5) is 0 Å². The number of rotatable bonds is 5. The van der Waals surface area contributed by atoms with Crippen molar-refractivity contribution in [3.8, 4) is 0 Å². The van der Waals surface area contributed by atoms with Crippen LogP contribution in [0.15, 0.2) is 4.99 Å². The fourth-order valence-corrected chi connectivity index (χ4v) is 6.55. The van der Waals surface area contributed by atoms with Gasteiger partial charge in [0.05, 0.1) is 0 Å². The van der Waals surface area contributed by atoms with Gasteiger partial charge < -0.3 is 15.5 Å². The summed E-state index contributed by atoms with van der Waals surface area (Å²) in [6.45, 7) is 4.82. The molecule has 0 radical (unpaired) electrons. The smallest absolute Gasteiger partial charge is 0.225 e. The van der Waals surface area contributed by atoms with Crippen LogP contribution in [0.1, 0.15) is 71.1 Å². The van der Waals surface area contributed by atoms with Crippen molar-refractivity contribution in [2.45, 2.75) is 83.2 Å². The molecule has 4 fully saturated rings. The molecule has 0 aromatic carbocycles. The summed E-state index contributed by atoms with van der Waals surface area (Å²) in [5.74, 6) is 5.70. The van der Waals surface area contributed by atoms with Crippen molar-refractivity contribution in [3.63, 3.8) is 0 Å². The first kappa shape index (κ1) is 24.5. The lowest BCUT2D eigenvalue weighted by molar-refractivity contribution is -0.136. The van der Waals surface area contributed by atoms with Crippen LogP contribution in [0.3, 0.4) is 0 Å². The molecule has 30 heavy (non-hydrogen) atoms. The number of carbonyl (C=O) groups is 1. The van der Waals surface area contributed by atoms with Crippen LogP contribution >= 0.6 is 35.7 Å². The zero-order chi connectivity index (χ0) is 20.1. The van der Waals surface area contributed by atoms with Gasteiger partial charge in [-0.05, 0) is 50.9 Å². The summed E-state index contributed by atoms with van der Waals surface area (Å²) < 4.78 is 0. The second-order valence-electron chi connectivity index (χ2n) is 9.50. The van der Waals surface area contributed by atoms with E-state index in [1.165, 1.54) is 38.5 Å². The van der Waals surface area contributed by atoms with Crippen molar-refractivity contribution in [3.05, 3.63) is 0 Å². The maximum atomic E-state index is 12.8. The summed E-state index contributed by atoms with van der Waals surface area (Å²) in [6.07, 6.45) is 12.7. The largest absolute Gasteiger partial charge is 0.354 e. The molecule has 2 unspecified atom stereocenters. The number of hydrogen-bond acceptors (Lipinski definition) is 3. The van der Waals surface area contributed by atoms with Gasteiger partial charge in [-0.3, -0.25) is 9.79 Å². The monoisotopic (exact) mass is 548 g/mol. The average Bonchev–Trinajstić information content (AvgIpc) is 3.54. The van der Waals surface area contributed by atoms with Crippen molar-refractivity contribution in [2.75, 3.05) is 31.1 Å². The molecule has 1 heterocycles. The molecule has 2 atom stereocenters. The van der Waals surface area contributed by atoms with E-state index in [2.05, 4.69) is 22.5 Å². The highest BCUT2D eigenvalue weighted by Gasteiger charge is 2.43. The van der Waals surface area contributed by atoms with Gasteiger partial charge in [0.1, 0.15) is 0 Å². The Morgan fingerprint density at radius 1 is 1.00 bits per heavy atom. The summed E-state index contributed by atoms with van der Waals surface area (Å²) >= 11 is 1.97. The highest BCUT2D eigenvalue weighted by atomic mass is 127. The van der Waals surface area contributed by atoms with E-state index in [1.807, 2.05) is 11.8 Å². The predicted molar refractivity (Wildman–Crippen MR) is 138 cm³/mol. The Morgan fingerprint density at radius 3 is 2.37 bits per heavy atom. The minimum Gasteiger partial charge on any atom is -0.354 e. The number of guanidine groups is 1. The molecular formula is C23H41IN4OS. The molecule has 3 aliphatic carbocycles. The van der Waals surface area contributed by atoms with Crippen molar-refractivity contribution >= 4 is 47.6 Å². The van der Waals surface area contributed by atoms with Gasteiger partial charge in [0.15, 0.2) is 5.96 Å². The van der Waals surface area contributed by atoms with E-state index in [-0.39, 0.29) is 29.9 Å². The molecule has 0 bridgehead atoms. The lowest BCUT2D eigenvalue weighted by atomic mass is 9.85. The maximum absolute atomic E-state index is 12.8. The number of nitrogens with one attached hydrogen (secondary N) is 2. The van der Waals surface area contributed by atoms with Gasteiger partial charge in [-0.2, -0.15) is 11.8 Å². The minimum atomic E-state index is 0. The summed E-state index contributed by atoms with van der Waals surface area (Å²) in [4.78, 5) is 19.6. The molecule has 4 aliphatic rings. The normalized spacial score (nSPS) is 32.8. The maximum Gasteiger partial charge on any atom is 0.225 e. The molecule has 1 aliphatic heterocycles. The lowest BCUT2D eigenvalue weighted by Crippen LogP contribution is -2.48. The standard InChI is InChI=1S/C23H40N4OS.HI/c1-2-24-23(26-21-16-20(21)17-6-4-3-5-7-17)25-19-10-8-18(9-11-19)22(28)27-12-14-29-15-13-27;/h17-21H,2-16H2,1H3,(H2,24,25,26);1H. The third-order valence-corrected chi connectivity index (χ3v) is 8.42. The number of amides is 1. The number of aliphatic imine (C=N–C) groups is 1. The minimum absolute atomic E-state index is 0. The molecular weight excluding hydrogens is 507 g/mol. The Hall–Kier alpha value is -0.180. The molecule has 1 amide bonds. The fourth-order valence-electron chi connectivity index (χ4n) is 5.65. The van der Waals surface area contributed by atoms with E-state index in [1.54, 1.807) is 0 Å². The van der Waals surface area contributed by atoms with Crippen LogP contribution in [0.2, 0.25) is 0 Å². The zero-order valence-electron chi connectivity index (χ0n) is 18.6. The molecule has 0 aromatic heterocycles. The Balaban J connectivity index is 0.00000256. The van der Waals surface area contributed by atoms with Gasteiger partial charge in [-0.25, -0.2) is 0 Å². The van der Waals surface area contributed by atoms with Gasteiger partial charge in [-0.1, -0.05) is 32.1 Å². The fraction of sp³-hybridized carbons (Fsp3) is 0.913. The van der Waals surface area contributed by atoms with Gasteiger partial charge in [0.2, 0.25) is 5.91 Å².